The first-order chi connectivity index (χ1) is 26.9. The summed E-state index contributed by atoms with van der Waals surface area (Å²) in [4.78, 5) is 54.8. The Bertz CT molecular complexity index is 2630. The van der Waals surface area contributed by atoms with Crippen molar-refractivity contribution >= 4 is 39.5 Å². The van der Waals surface area contributed by atoms with Crippen LogP contribution in [0.3, 0.4) is 0 Å². The van der Waals surface area contributed by atoms with E-state index in [0.717, 1.165) is 38.5 Å². The Morgan fingerprint density at radius 2 is 1.73 bits per heavy atom. The largest absolute Gasteiger partial charge is 0.489 e. The molecule has 2 aliphatic heterocycles. The topological polar surface area (TPSA) is 172 Å². The zero-order chi connectivity index (χ0) is 37.5. The highest BCUT2D eigenvalue weighted by Crippen LogP contribution is 2.34. The van der Waals surface area contributed by atoms with Gasteiger partial charge in [-0.25, -0.2) is 9.97 Å². The summed E-state index contributed by atoms with van der Waals surface area (Å²) >= 11 is 0. The lowest BCUT2D eigenvalue weighted by Gasteiger charge is -2.35. The lowest BCUT2D eigenvalue weighted by Crippen LogP contribution is -2.52. The molecule has 13 heteroatoms. The number of aromatic amines is 1. The Morgan fingerprint density at radius 1 is 0.855 bits per heavy atom. The van der Waals surface area contributed by atoms with E-state index in [9.17, 15) is 19.6 Å². The van der Waals surface area contributed by atoms with Crippen LogP contribution in [0.4, 0.5) is 0 Å². The average molecular weight is 730 g/mol. The smallest absolute Gasteiger partial charge is 0.255 e. The number of hydrogen-bond donors (Lipinski definition) is 2. The van der Waals surface area contributed by atoms with Gasteiger partial charge < -0.3 is 24.1 Å². The Kier molecular flexibility index (Phi) is 8.52. The number of hydrogen-bond acceptors (Lipinski definition) is 10. The summed E-state index contributed by atoms with van der Waals surface area (Å²) in [6.07, 6.45) is 8.59. The molecule has 13 nitrogen and oxygen atoms in total. The standard InChI is InChI=1S/C42H31N7O6/c43-19-25-14-26(24-3-7-34-35-22-44-12-11-36(35)47-37(34)16-24)20-46-41(25)55-32-17-31(18-32)54-30-5-4-28(45-21-30)2-1-13-53-29-6-8-33-27(15-29)23-49(42(33)52)38-9-10-39(50)48-40(38)51/h3-8,11-12,14-16,20-22,31-32,38,47H,9-10,13,17-18,23H2,(H,48,50,51)/t31?,32?,38-/m1/s1. The van der Waals surface area contributed by atoms with Crippen LogP contribution in [-0.2, 0) is 16.1 Å². The molecule has 2 fully saturated rings. The van der Waals surface area contributed by atoms with Crippen molar-refractivity contribution in [3.8, 4) is 46.4 Å². The molecule has 1 atom stereocenters. The molecule has 9 rings (SSSR count). The van der Waals surface area contributed by atoms with E-state index in [-0.39, 0.29) is 43.6 Å². The molecule has 6 heterocycles. The molecule has 2 aromatic carbocycles. The fourth-order valence-corrected chi connectivity index (χ4v) is 7.18. The van der Waals surface area contributed by atoms with Gasteiger partial charge >= 0.3 is 0 Å². The van der Waals surface area contributed by atoms with Crippen LogP contribution in [0.25, 0.3) is 32.9 Å². The maximum atomic E-state index is 12.9. The van der Waals surface area contributed by atoms with E-state index in [4.69, 9.17) is 14.2 Å². The van der Waals surface area contributed by atoms with E-state index >= 15 is 0 Å². The van der Waals surface area contributed by atoms with Gasteiger partial charge in [0.2, 0.25) is 17.7 Å². The summed E-state index contributed by atoms with van der Waals surface area (Å²) in [5.74, 6) is 6.42. The van der Waals surface area contributed by atoms with Crippen molar-refractivity contribution in [1.29, 1.82) is 5.26 Å². The van der Waals surface area contributed by atoms with Gasteiger partial charge in [0.15, 0.2) is 0 Å². The van der Waals surface area contributed by atoms with E-state index in [2.05, 4.69) is 55.3 Å². The number of H-pyrrole nitrogens is 1. The van der Waals surface area contributed by atoms with Crippen LogP contribution < -0.4 is 19.5 Å². The number of nitrogens with zero attached hydrogens (tertiary/aromatic N) is 5. The Balaban J connectivity index is 0.746. The minimum Gasteiger partial charge on any atom is -0.489 e. The predicted octanol–water partition coefficient (Wildman–Crippen LogP) is 5.23. The van der Waals surface area contributed by atoms with Crippen molar-refractivity contribution in [2.24, 2.45) is 0 Å². The molecule has 3 aliphatic rings. The number of rotatable bonds is 8. The first-order valence-electron chi connectivity index (χ1n) is 17.8. The Hall–Kier alpha value is -7.25. The summed E-state index contributed by atoms with van der Waals surface area (Å²) in [7, 11) is 0. The van der Waals surface area contributed by atoms with Crippen molar-refractivity contribution in [2.45, 2.75) is 50.5 Å². The molecule has 0 spiro atoms. The van der Waals surface area contributed by atoms with Gasteiger partial charge in [0.25, 0.3) is 5.91 Å². The molecular formula is C42H31N7O6. The number of amides is 3. The van der Waals surface area contributed by atoms with Gasteiger partial charge in [0.1, 0.15) is 53.7 Å². The molecule has 6 aromatic rings. The van der Waals surface area contributed by atoms with Crippen LogP contribution in [0.5, 0.6) is 17.4 Å². The number of pyridine rings is 3. The second kappa shape index (κ2) is 14.0. The fourth-order valence-electron chi connectivity index (χ4n) is 7.18. The van der Waals surface area contributed by atoms with Crippen molar-refractivity contribution in [2.75, 3.05) is 6.61 Å². The van der Waals surface area contributed by atoms with E-state index < -0.39 is 11.9 Å². The van der Waals surface area contributed by atoms with Crippen molar-refractivity contribution < 1.29 is 28.6 Å². The monoisotopic (exact) mass is 729 g/mol. The first-order valence-corrected chi connectivity index (χ1v) is 17.8. The van der Waals surface area contributed by atoms with E-state index in [1.807, 2.05) is 24.4 Å². The average Bonchev–Trinajstić information content (AvgIpc) is 3.72. The molecule has 0 radical (unpaired) electrons. The number of ether oxygens (including phenoxy) is 3. The first kappa shape index (κ1) is 33.6. The summed E-state index contributed by atoms with van der Waals surface area (Å²) < 4.78 is 18.0. The molecule has 1 saturated carbocycles. The highest BCUT2D eigenvalue weighted by Gasteiger charge is 2.39. The van der Waals surface area contributed by atoms with Gasteiger partial charge in [-0.3, -0.25) is 24.7 Å². The third-order valence-electron chi connectivity index (χ3n) is 10.1. The molecule has 2 N–H and O–H groups in total. The van der Waals surface area contributed by atoms with E-state index in [1.54, 1.807) is 48.9 Å². The van der Waals surface area contributed by atoms with Gasteiger partial charge in [-0.15, -0.1) is 0 Å². The number of piperidine rings is 1. The van der Waals surface area contributed by atoms with Gasteiger partial charge in [-0.2, -0.15) is 5.26 Å². The van der Waals surface area contributed by atoms with Gasteiger partial charge in [-0.1, -0.05) is 18.1 Å². The molecule has 270 valence electrons. The Morgan fingerprint density at radius 3 is 2.56 bits per heavy atom. The minimum atomic E-state index is -0.666. The fraction of sp³-hybridized carbons (Fsp3) is 0.214. The van der Waals surface area contributed by atoms with Gasteiger partial charge in [0, 0.05) is 77.3 Å². The summed E-state index contributed by atoms with van der Waals surface area (Å²) in [6.45, 7) is 0.379. The Labute approximate surface area is 314 Å². The number of aromatic nitrogens is 4. The molecule has 1 aliphatic carbocycles. The van der Waals surface area contributed by atoms with Crippen molar-refractivity contribution in [1.82, 2.24) is 30.2 Å². The lowest BCUT2D eigenvalue weighted by atomic mass is 9.92. The van der Waals surface area contributed by atoms with Crippen LogP contribution in [0.2, 0.25) is 0 Å². The maximum Gasteiger partial charge on any atom is 0.255 e. The van der Waals surface area contributed by atoms with Gasteiger partial charge in [-0.05, 0) is 72.0 Å². The normalized spacial score (nSPS) is 18.9. The number of nitrogens with one attached hydrogen (secondary N) is 2. The van der Waals surface area contributed by atoms with Crippen LogP contribution in [0, 0.1) is 23.2 Å². The summed E-state index contributed by atoms with van der Waals surface area (Å²) in [5.41, 5.74) is 5.97. The summed E-state index contributed by atoms with van der Waals surface area (Å²) in [5, 5.41) is 14.3. The number of carbonyl (C=O) groups excluding carboxylic acids is 3. The highest BCUT2D eigenvalue weighted by atomic mass is 16.5. The number of imide groups is 1. The number of fused-ring (bicyclic) bond motifs is 4. The minimum absolute atomic E-state index is 0.0566. The zero-order valence-corrected chi connectivity index (χ0v) is 29.2. The van der Waals surface area contributed by atoms with Crippen LogP contribution in [-0.4, -0.2) is 67.4 Å². The van der Waals surface area contributed by atoms with E-state index in [0.29, 0.717) is 53.5 Å². The zero-order valence-electron chi connectivity index (χ0n) is 29.2. The van der Waals surface area contributed by atoms with Gasteiger partial charge in [0.05, 0.1) is 6.20 Å². The van der Waals surface area contributed by atoms with Crippen molar-refractivity contribution in [3.05, 3.63) is 108 Å². The third kappa shape index (κ3) is 6.64. The maximum absolute atomic E-state index is 12.9. The number of benzene rings is 2. The second-order valence-corrected chi connectivity index (χ2v) is 13.6. The van der Waals surface area contributed by atoms with Crippen LogP contribution >= 0.6 is 0 Å². The lowest BCUT2D eigenvalue weighted by molar-refractivity contribution is -0.136. The quantitative estimate of drug-likeness (QED) is 0.156. The second-order valence-electron chi connectivity index (χ2n) is 13.6. The molecule has 0 bridgehead atoms. The summed E-state index contributed by atoms with van der Waals surface area (Å²) in [6, 6.07) is 20.2. The molecule has 0 unspecified atom stereocenters. The molecular weight excluding hydrogens is 699 g/mol. The molecule has 4 aromatic heterocycles. The SMILES string of the molecule is N#Cc1cc(-c2ccc3c(c2)[nH]c2ccncc23)cnc1OC1CC(Oc2ccc(C#CCOc3ccc4c(c3)CN([C@@H]3CCC(=O)NC3=O)C4=O)nc2)C1. The van der Waals surface area contributed by atoms with Crippen LogP contribution in [0.1, 0.15) is 52.9 Å². The third-order valence-corrected chi connectivity index (χ3v) is 10.1. The molecule has 55 heavy (non-hydrogen) atoms. The van der Waals surface area contributed by atoms with E-state index in [1.165, 1.54) is 4.90 Å². The van der Waals surface area contributed by atoms with Crippen LogP contribution in [0.15, 0.2) is 85.5 Å². The number of carbonyl (C=O) groups is 3. The number of nitriles is 1. The highest BCUT2D eigenvalue weighted by molar-refractivity contribution is 6.08. The predicted molar refractivity (Wildman–Crippen MR) is 199 cm³/mol. The van der Waals surface area contributed by atoms with Crippen molar-refractivity contribution in [3.63, 3.8) is 0 Å². The molecule has 1 saturated heterocycles. The molecule has 3 amide bonds.